The Labute approximate surface area is 191 Å². The molecule has 0 bridgehead atoms. The zero-order chi connectivity index (χ0) is 21.5. The van der Waals surface area contributed by atoms with Gasteiger partial charge in [0.1, 0.15) is 11.6 Å². The van der Waals surface area contributed by atoms with E-state index in [2.05, 4.69) is 32.2 Å². The summed E-state index contributed by atoms with van der Waals surface area (Å²) < 4.78 is 11.7. The van der Waals surface area contributed by atoms with E-state index < -0.39 is 0 Å². The second-order valence-corrected chi connectivity index (χ2v) is 8.35. The van der Waals surface area contributed by atoms with Crippen LogP contribution in [0.15, 0.2) is 46.9 Å². The number of hydrogen-bond donors (Lipinski definition) is 1. The van der Waals surface area contributed by atoms with Crippen LogP contribution in [-0.2, 0) is 4.74 Å². The molecule has 162 valence electrons. The third-order valence-corrected chi connectivity index (χ3v) is 5.76. The molecule has 1 aliphatic rings. The Bertz CT molecular complexity index is 1030. The number of rotatable bonds is 8. The number of ether oxygens (including phenoxy) is 2. The molecule has 4 rings (SSSR count). The summed E-state index contributed by atoms with van der Waals surface area (Å²) in [7, 11) is 1.67. The van der Waals surface area contributed by atoms with E-state index in [-0.39, 0.29) is 0 Å². The van der Waals surface area contributed by atoms with Crippen molar-refractivity contribution >= 4 is 44.8 Å². The first kappa shape index (κ1) is 21.7. The molecule has 7 heteroatoms. The molecule has 2 heterocycles. The van der Waals surface area contributed by atoms with Gasteiger partial charge < -0.3 is 14.8 Å². The molecule has 0 unspecified atom stereocenters. The molecule has 0 amide bonds. The number of methoxy groups -OCH3 is 1. The zero-order valence-electron chi connectivity index (χ0n) is 17.7. The predicted octanol–water partition coefficient (Wildman–Crippen LogP) is 4.71. The van der Waals surface area contributed by atoms with Gasteiger partial charge in [-0.05, 0) is 54.9 Å². The van der Waals surface area contributed by atoms with Gasteiger partial charge in [0.05, 0.1) is 25.8 Å². The highest BCUT2D eigenvalue weighted by atomic mass is 79.9. The fourth-order valence-corrected chi connectivity index (χ4v) is 3.91. The lowest BCUT2D eigenvalue weighted by atomic mass is 10.2. The number of fused-ring (bicyclic) bond motifs is 1. The average molecular weight is 483 g/mol. The first-order chi connectivity index (χ1) is 15.2. The Morgan fingerprint density at radius 1 is 1.10 bits per heavy atom. The van der Waals surface area contributed by atoms with Crippen LogP contribution in [0.4, 0.5) is 5.82 Å². The largest absolute Gasteiger partial charge is 0.497 e. The van der Waals surface area contributed by atoms with Crippen molar-refractivity contribution < 1.29 is 9.47 Å². The number of aromatic nitrogens is 2. The van der Waals surface area contributed by atoms with Gasteiger partial charge in [0.2, 0.25) is 0 Å². The normalized spacial score (nSPS) is 14.9. The van der Waals surface area contributed by atoms with E-state index in [1.165, 1.54) is 0 Å². The highest BCUT2D eigenvalue weighted by Crippen LogP contribution is 2.25. The maximum atomic E-state index is 5.42. The highest BCUT2D eigenvalue weighted by Gasteiger charge is 2.10. The monoisotopic (exact) mass is 482 g/mol. The lowest BCUT2D eigenvalue weighted by Crippen LogP contribution is -2.37. The Morgan fingerprint density at radius 2 is 1.90 bits per heavy atom. The maximum Gasteiger partial charge on any atom is 0.154 e. The molecule has 31 heavy (non-hydrogen) atoms. The molecular weight excluding hydrogens is 456 g/mol. The van der Waals surface area contributed by atoms with Crippen molar-refractivity contribution in [3.63, 3.8) is 0 Å². The fourth-order valence-electron chi connectivity index (χ4n) is 3.55. The number of hydrogen-bond acceptors (Lipinski definition) is 6. The summed E-state index contributed by atoms with van der Waals surface area (Å²) in [5, 5.41) is 4.54. The van der Waals surface area contributed by atoms with Gasteiger partial charge in [-0.3, -0.25) is 4.90 Å². The van der Waals surface area contributed by atoms with E-state index in [0.29, 0.717) is 5.82 Å². The summed E-state index contributed by atoms with van der Waals surface area (Å²) in [6.07, 6.45) is 5.01. The van der Waals surface area contributed by atoms with Crippen molar-refractivity contribution in [1.82, 2.24) is 14.9 Å². The molecule has 0 saturated carbocycles. The number of anilines is 1. The van der Waals surface area contributed by atoms with Crippen LogP contribution in [0.25, 0.3) is 23.1 Å². The molecule has 1 fully saturated rings. The van der Waals surface area contributed by atoms with Crippen molar-refractivity contribution in [3.8, 4) is 5.75 Å². The van der Waals surface area contributed by atoms with Crippen LogP contribution in [-0.4, -0.2) is 61.4 Å². The van der Waals surface area contributed by atoms with Crippen molar-refractivity contribution in [2.45, 2.75) is 6.42 Å². The second-order valence-electron chi connectivity index (χ2n) is 7.43. The van der Waals surface area contributed by atoms with Crippen LogP contribution >= 0.6 is 15.9 Å². The highest BCUT2D eigenvalue weighted by molar-refractivity contribution is 9.10. The first-order valence-electron chi connectivity index (χ1n) is 10.5. The minimum Gasteiger partial charge on any atom is -0.497 e. The van der Waals surface area contributed by atoms with E-state index in [4.69, 9.17) is 19.4 Å². The Kier molecular flexibility index (Phi) is 7.51. The standard InChI is InChI=1S/C24H27BrN4O2/c1-30-20-7-3-18(4-8-20)5-10-23-27-22-9-6-19(25)17-21(22)24(28-23)26-11-2-12-29-13-15-31-16-14-29/h3-10,17H,2,11-16H2,1H3,(H,26,27,28). The van der Waals surface area contributed by atoms with Crippen LogP contribution in [0.3, 0.4) is 0 Å². The fraction of sp³-hybridized carbons (Fsp3) is 0.333. The number of nitrogens with one attached hydrogen (secondary N) is 1. The summed E-state index contributed by atoms with van der Waals surface area (Å²) in [6, 6.07) is 14.0. The molecule has 1 N–H and O–H groups in total. The summed E-state index contributed by atoms with van der Waals surface area (Å²) in [6.45, 7) is 5.63. The van der Waals surface area contributed by atoms with Crippen LogP contribution in [0.1, 0.15) is 17.8 Å². The Hall–Kier alpha value is -2.48. The second kappa shape index (κ2) is 10.7. The summed E-state index contributed by atoms with van der Waals surface area (Å²) >= 11 is 3.57. The van der Waals surface area contributed by atoms with Gasteiger partial charge in [-0.2, -0.15) is 0 Å². The molecule has 0 atom stereocenters. The van der Waals surface area contributed by atoms with Crippen molar-refractivity contribution in [2.24, 2.45) is 0 Å². The molecule has 0 spiro atoms. The molecule has 1 saturated heterocycles. The van der Waals surface area contributed by atoms with E-state index in [1.807, 2.05) is 48.6 Å². The molecule has 0 radical (unpaired) electrons. The first-order valence-corrected chi connectivity index (χ1v) is 11.3. The van der Waals surface area contributed by atoms with Crippen molar-refractivity contribution in [3.05, 3.63) is 58.3 Å². The third-order valence-electron chi connectivity index (χ3n) is 5.26. The van der Waals surface area contributed by atoms with Gasteiger partial charge in [-0.15, -0.1) is 0 Å². The third kappa shape index (κ3) is 6.03. The van der Waals surface area contributed by atoms with Crippen LogP contribution in [0, 0.1) is 0 Å². The van der Waals surface area contributed by atoms with Crippen molar-refractivity contribution in [2.75, 3.05) is 51.8 Å². The molecule has 2 aromatic carbocycles. The average Bonchev–Trinajstić information content (AvgIpc) is 2.81. The lowest BCUT2D eigenvalue weighted by molar-refractivity contribution is 0.0378. The number of nitrogens with zero attached hydrogens (tertiary/aromatic N) is 3. The number of halogens is 1. The Morgan fingerprint density at radius 3 is 2.68 bits per heavy atom. The minimum absolute atomic E-state index is 0.682. The summed E-state index contributed by atoms with van der Waals surface area (Å²) in [5.41, 5.74) is 1.99. The molecule has 0 aliphatic carbocycles. The van der Waals surface area contributed by atoms with Gasteiger partial charge in [0.25, 0.3) is 0 Å². The smallest absolute Gasteiger partial charge is 0.154 e. The van der Waals surface area contributed by atoms with E-state index in [1.54, 1.807) is 7.11 Å². The maximum absolute atomic E-state index is 5.42. The lowest BCUT2D eigenvalue weighted by Gasteiger charge is -2.26. The molecule has 3 aromatic rings. The summed E-state index contributed by atoms with van der Waals surface area (Å²) in [5.74, 6) is 2.39. The number of benzene rings is 2. The van der Waals surface area contributed by atoms with Crippen LogP contribution < -0.4 is 10.1 Å². The van der Waals surface area contributed by atoms with Gasteiger partial charge in [-0.1, -0.05) is 34.1 Å². The molecular formula is C24H27BrN4O2. The molecule has 1 aliphatic heterocycles. The molecule has 6 nitrogen and oxygen atoms in total. The van der Waals surface area contributed by atoms with Gasteiger partial charge >= 0.3 is 0 Å². The van der Waals surface area contributed by atoms with E-state index in [9.17, 15) is 0 Å². The van der Waals surface area contributed by atoms with Crippen molar-refractivity contribution in [1.29, 1.82) is 0 Å². The quantitative estimate of drug-likeness (QED) is 0.469. The number of morpholine rings is 1. The topological polar surface area (TPSA) is 59.5 Å². The van der Waals surface area contributed by atoms with E-state index in [0.717, 1.165) is 78.3 Å². The van der Waals surface area contributed by atoms with Crippen LogP contribution in [0.5, 0.6) is 5.75 Å². The van der Waals surface area contributed by atoms with E-state index >= 15 is 0 Å². The summed E-state index contributed by atoms with van der Waals surface area (Å²) in [4.78, 5) is 12.0. The van der Waals surface area contributed by atoms with Crippen LogP contribution in [0.2, 0.25) is 0 Å². The van der Waals surface area contributed by atoms with Gasteiger partial charge in [0, 0.05) is 29.5 Å². The molecule has 1 aromatic heterocycles. The predicted molar refractivity (Wildman–Crippen MR) is 130 cm³/mol. The van der Waals surface area contributed by atoms with Gasteiger partial charge in [-0.25, -0.2) is 9.97 Å². The van der Waals surface area contributed by atoms with Gasteiger partial charge in [0.15, 0.2) is 5.82 Å². The Balaban J connectivity index is 1.48. The SMILES string of the molecule is COc1ccc(C=Cc2nc(NCCCN3CCOCC3)c3cc(Br)ccc3n2)cc1. The minimum atomic E-state index is 0.682. The zero-order valence-corrected chi connectivity index (χ0v) is 19.3.